The van der Waals surface area contributed by atoms with Gasteiger partial charge in [-0.15, -0.1) is 0 Å². The van der Waals surface area contributed by atoms with Crippen molar-refractivity contribution in [3.05, 3.63) is 23.9 Å². The Bertz CT molecular complexity index is 375. The van der Waals surface area contributed by atoms with Gasteiger partial charge < -0.3 is 11.1 Å². The van der Waals surface area contributed by atoms with E-state index in [-0.39, 0.29) is 0 Å². The summed E-state index contributed by atoms with van der Waals surface area (Å²) in [6, 6.07) is 3.74. The van der Waals surface area contributed by atoms with E-state index in [9.17, 15) is 0 Å². The molecule has 1 aromatic heterocycles. The molecule has 86 valence electrons. The van der Waals surface area contributed by atoms with Crippen LogP contribution in [0.15, 0.2) is 18.3 Å². The predicted molar refractivity (Wildman–Crippen MR) is 74.1 cm³/mol. The molecule has 1 atom stereocenters. The molecule has 1 aliphatic heterocycles. The Balaban J connectivity index is 1.93. The summed E-state index contributed by atoms with van der Waals surface area (Å²) in [4.78, 5) is 4.66. The maximum absolute atomic E-state index is 5.57. The molecule has 0 aromatic carbocycles. The highest BCUT2D eigenvalue weighted by atomic mass is 32.2. The van der Waals surface area contributed by atoms with Crippen molar-refractivity contribution in [3.63, 3.8) is 0 Å². The second kappa shape index (κ2) is 5.50. The number of nitrogens with zero attached hydrogens (tertiary/aromatic N) is 1. The summed E-state index contributed by atoms with van der Waals surface area (Å²) in [6.45, 7) is 0.971. The van der Waals surface area contributed by atoms with Gasteiger partial charge in [0.2, 0.25) is 0 Å². The molecule has 1 aliphatic rings. The lowest BCUT2D eigenvalue weighted by atomic mass is 10.2. The van der Waals surface area contributed by atoms with Crippen molar-refractivity contribution in [2.75, 3.05) is 17.6 Å². The quantitative estimate of drug-likeness (QED) is 0.804. The SMILES string of the molecule is NC(=S)c1ccnc(NCC2CCCS2)c1. The van der Waals surface area contributed by atoms with Crippen molar-refractivity contribution >= 4 is 34.8 Å². The van der Waals surface area contributed by atoms with Crippen LogP contribution in [0.3, 0.4) is 0 Å². The number of hydrogen-bond donors (Lipinski definition) is 2. The molecular formula is C11H15N3S2. The third-order valence-corrected chi connectivity index (χ3v) is 4.21. The molecule has 0 aliphatic carbocycles. The lowest BCUT2D eigenvalue weighted by Gasteiger charge is -2.11. The molecule has 1 fully saturated rings. The van der Waals surface area contributed by atoms with E-state index in [1.165, 1.54) is 18.6 Å². The first-order valence-electron chi connectivity index (χ1n) is 5.37. The molecule has 0 bridgehead atoms. The molecule has 0 spiro atoms. The molecule has 0 amide bonds. The number of anilines is 1. The number of pyridine rings is 1. The molecule has 1 saturated heterocycles. The Morgan fingerprint density at radius 1 is 1.69 bits per heavy atom. The van der Waals surface area contributed by atoms with Crippen molar-refractivity contribution in [1.29, 1.82) is 0 Å². The van der Waals surface area contributed by atoms with Crippen molar-refractivity contribution in [2.45, 2.75) is 18.1 Å². The van der Waals surface area contributed by atoms with Crippen molar-refractivity contribution in [2.24, 2.45) is 5.73 Å². The van der Waals surface area contributed by atoms with Crippen molar-refractivity contribution in [3.8, 4) is 0 Å². The average molecular weight is 253 g/mol. The van der Waals surface area contributed by atoms with Crippen LogP contribution >= 0.6 is 24.0 Å². The first-order chi connectivity index (χ1) is 7.75. The zero-order chi connectivity index (χ0) is 11.4. The summed E-state index contributed by atoms with van der Waals surface area (Å²) in [7, 11) is 0. The summed E-state index contributed by atoms with van der Waals surface area (Å²) in [6.07, 6.45) is 4.36. The van der Waals surface area contributed by atoms with Crippen LogP contribution in [0.5, 0.6) is 0 Å². The number of aromatic nitrogens is 1. The Morgan fingerprint density at radius 3 is 3.25 bits per heavy atom. The van der Waals surface area contributed by atoms with Gasteiger partial charge in [0, 0.05) is 23.6 Å². The van der Waals surface area contributed by atoms with Crippen molar-refractivity contribution < 1.29 is 0 Å². The minimum absolute atomic E-state index is 0.417. The van der Waals surface area contributed by atoms with Crippen LogP contribution in [0.2, 0.25) is 0 Å². The Morgan fingerprint density at radius 2 is 2.56 bits per heavy atom. The number of rotatable bonds is 4. The fourth-order valence-corrected chi connectivity index (χ4v) is 3.03. The third-order valence-electron chi connectivity index (χ3n) is 2.58. The van der Waals surface area contributed by atoms with Gasteiger partial charge in [-0.05, 0) is 30.7 Å². The number of nitrogens with one attached hydrogen (secondary N) is 1. The van der Waals surface area contributed by atoms with Gasteiger partial charge in [-0.3, -0.25) is 0 Å². The molecule has 5 heteroatoms. The maximum Gasteiger partial charge on any atom is 0.126 e. The Labute approximate surface area is 105 Å². The smallest absolute Gasteiger partial charge is 0.126 e. The Kier molecular flexibility index (Phi) is 4.01. The van der Waals surface area contributed by atoms with Gasteiger partial charge in [-0.2, -0.15) is 11.8 Å². The molecule has 3 nitrogen and oxygen atoms in total. The van der Waals surface area contributed by atoms with Gasteiger partial charge in [-0.25, -0.2) is 4.98 Å². The fraction of sp³-hybridized carbons (Fsp3) is 0.455. The largest absolute Gasteiger partial charge is 0.389 e. The molecule has 0 radical (unpaired) electrons. The molecule has 1 aromatic rings. The van der Waals surface area contributed by atoms with Crippen LogP contribution in [0.25, 0.3) is 0 Å². The molecule has 16 heavy (non-hydrogen) atoms. The standard InChI is InChI=1S/C11H15N3S2/c12-11(15)8-3-4-13-10(6-8)14-7-9-2-1-5-16-9/h3-4,6,9H,1-2,5,7H2,(H2,12,15)(H,13,14). The molecule has 3 N–H and O–H groups in total. The first kappa shape index (κ1) is 11.7. The van der Waals surface area contributed by atoms with Gasteiger partial charge in [-0.1, -0.05) is 12.2 Å². The van der Waals surface area contributed by atoms with Gasteiger partial charge in [0.1, 0.15) is 10.8 Å². The van der Waals surface area contributed by atoms with E-state index in [2.05, 4.69) is 10.3 Å². The van der Waals surface area contributed by atoms with E-state index in [4.69, 9.17) is 18.0 Å². The minimum Gasteiger partial charge on any atom is -0.389 e. The summed E-state index contributed by atoms with van der Waals surface area (Å²) in [5, 5.41) is 4.05. The van der Waals surface area contributed by atoms with Crippen LogP contribution in [0.1, 0.15) is 18.4 Å². The Hall–Kier alpha value is -0.810. The highest BCUT2D eigenvalue weighted by Crippen LogP contribution is 2.26. The predicted octanol–water partition coefficient (Wildman–Crippen LogP) is 2.02. The summed E-state index contributed by atoms with van der Waals surface area (Å²) >= 11 is 6.96. The topological polar surface area (TPSA) is 50.9 Å². The van der Waals surface area contributed by atoms with Crippen LogP contribution in [-0.4, -0.2) is 27.5 Å². The average Bonchev–Trinajstić information content (AvgIpc) is 2.79. The number of thiocarbonyl (C=S) groups is 1. The van der Waals surface area contributed by atoms with Crippen molar-refractivity contribution in [1.82, 2.24) is 4.98 Å². The van der Waals surface area contributed by atoms with Crippen LogP contribution in [0.4, 0.5) is 5.82 Å². The van der Waals surface area contributed by atoms with Gasteiger partial charge in [0.15, 0.2) is 0 Å². The molecule has 1 unspecified atom stereocenters. The molecule has 2 rings (SSSR count). The second-order valence-electron chi connectivity index (χ2n) is 3.81. The van der Waals surface area contributed by atoms with E-state index in [1.54, 1.807) is 6.20 Å². The maximum atomic E-state index is 5.57. The van der Waals surface area contributed by atoms with Gasteiger partial charge >= 0.3 is 0 Å². The highest BCUT2D eigenvalue weighted by Gasteiger charge is 2.15. The minimum atomic E-state index is 0.417. The normalized spacial score (nSPS) is 19.6. The van der Waals surface area contributed by atoms with Gasteiger partial charge in [0.05, 0.1) is 0 Å². The van der Waals surface area contributed by atoms with Crippen LogP contribution in [0, 0.1) is 0 Å². The summed E-state index contributed by atoms with van der Waals surface area (Å²) < 4.78 is 0. The van der Waals surface area contributed by atoms with E-state index in [0.717, 1.165) is 23.2 Å². The van der Waals surface area contributed by atoms with E-state index >= 15 is 0 Å². The van der Waals surface area contributed by atoms with Crippen LogP contribution < -0.4 is 11.1 Å². The second-order valence-corrected chi connectivity index (χ2v) is 5.66. The lowest BCUT2D eigenvalue weighted by Crippen LogP contribution is -2.15. The monoisotopic (exact) mass is 253 g/mol. The van der Waals surface area contributed by atoms with Crippen LogP contribution in [-0.2, 0) is 0 Å². The lowest BCUT2D eigenvalue weighted by molar-refractivity contribution is 0.803. The molecule has 2 heterocycles. The highest BCUT2D eigenvalue weighted by molar-refractivity contribution is 8.00. The molecular weight excluding hydrogens is 238 g/mol. The molecule has 0 saturated carbocycles. The summed E-state index contributed by atoms with van der Waals surface area (Å²) in [5.41, 5.74) is 6.44. The third kappa shape index (κ3) is 3.09. The summed E-state index contributed by atoms with van der Waals surface area (Å²) in [5.74, 6) is 2.14. The van der Waals surface area contributed by atoms with E-state index in [1.807, 2.05) is 23.9 Å². The number of nitrogens with two attached hydrogens (primary N) is 1. The number of thioether (sulfide) groups is 1. The van der Waals surface area contributed by atoms with Gasteiger partial charge in [0.25, 0.3) is 0 Å². The zero-order valence-electron chi connectivity index (χ0n) is 8.98. The fourth-order valence-electron chi connectivity index (χ4n) is 1.70. The van der Waals surface area contributed by atoms with E-state index < -0.39 is 0 Å². The number of hydrogen-bond acceptors (Lipinski definition) is 4. The zero-order valence-corrected chi connectivity index (χ0v) is 10.6. The first-order valence-corrected chi connectivity index (χ1v) is 6.83. The van der Waals surface area contributed by atoms with E-state index in [0.29, 0.717) is 4.99 Å².